The summed E-state index contributed by atoms with van der Waals surface area (Å²) in [5.74, 6) is 1.13. The summed E-state index contributed by atoms with van der Waals surface area (Å²) in [5.41, 5.74) is 12.7. The number of amides is 1. The molecule has 7 heterocycles. The number of nitrogens with two attached hydrogens (primary N) is 1. The number of aliphatic imine (C=N–C) groups is 1. The Morgan fingerprint density at radius 1 is 1.07 bits per heavy atom. The van der Waals surface area contributed by atoms with Gasteiger partial charge in [0.25, 0.3) is 5.91 Å². The number of nitrogens with zero attached hydrogens (tertiary/aromatic N) is 8. The smallest absolute Gasteiger partial charge is 0.291 e. The Balaban J connectivity index is 1.15. The lowest BCUT2D eigenvalue weighted by atomic mass is 9.85. The van der Waals surface area contributed by atoms with Crippen LogP contribution in [-0.4, -0.2) is 69.9 Å². The molecule has 2 saturated heterocycles. The summed E-state index contributed by atoms with van der Waals surface area (Å²) in [6.07, 6.45) is 10.6. The normalized spacial score (nSPS) is 24.0. The summed E-state index contributed by atoms with van der Waals surface area (Å²) >= 11 is 0. The molecule has 3 N–H and O–H groups in total. The van der Waals surface area contributed by atoms with Crippen molar-refractivity contribution < 1.29 is 9.18 Å². The molecule has 2 bridgehead atoms. The van der Waals surface area contributed by atoms with Gasteiger partial charge in [-0.25, -0.2) is 14.4 Å². The van der Waals surface area contributed by atoms with Gasteiger partial charge in [0.05, 0.1) is 24.1 Å². The molecule has 1 amide bonds. The Hall–Kier alpha value is -4.48. The quantitative estimate of drug-likeness (QED) is 0.381. The SMILES string of the molecule is CC1=C(F)C(c2ccc(-c3cnn4c(N)c(C5CC5)c(C5C[C@H]6CC[C@@H](C5)N6C(=O)c5ncn[nH]5)nc34)cn2)=NC1. The monoisotopic (exact) mass is 552 g/mol. The number of fused-ring (bicyclic) bond motifs is 3. The highest BCUT2D eigenvalue weighted by Gasteiger charge is 2.46. The fourth-order valence-corrected chi connectivity index (χ4v) is 6.94. The van der Waals surface area contributed by atoms with Crippen molar-refractivity contribution in [3.8, 4) is 11.1 Å². The number of anilines is 1. The summed E-state index contributed by atoms with van der Waals surface area (Å²) in [4.78, 5) is 33.4. The third-order valence-electron chi connectivity index (χ3n) is 9.08. The van der Waals surface area contributed by atoms with Crippen LogP contribution in [-0.2, 0) is 0 Å². The molecular formula is C29H29FN10O. The minimum Gasteiger partial charge on any atom is -0.383 e. The van der Waals surface area contributed by atoms with Gasteiger partial charge < -0.3 is 10.6 Å². The largest absolute Gasteiger partial charge is 0.383 e. The zero-order valence-corrected chi connectivity index (χ0v) is 22.6. The minimum atomic E-state index is -0.296. The Labute approximate surface area is 234 Å². The first kappa shape index (κ1) is 24.3. The Morgan fingerprint density at radius 2 is 1.88 bits per heavy atom. The van der Waals surface area contributed by atoms with Gasteiger partial charge in [-0.05, 0) is 63.0 Å². The van der Waals surface area contributed by atoms with E-state index >= 15 is 0 Å². The van der Waals surface area contributed by atoms with E-state index in [0.29, 0.717) is 46.7 Å². The summed E-state index contributed by atoms with van der Waals surface area (Å²) in [5, 5.41) is 11.2. The molecule has 4 aromatic rings. The third kappa shape index (κ3) is 3.80. The Morgan fingerprint density at radius 3 is 2.51 bits per heavy atom. The molecule has 208 valence electrons. The molecule has 4 aliphatic rings. The minimum absolute atomic E-state index is 0.0816. The van der Waals surface area contributed by atoms with Crippen LogP contribution in [0.25, 0.3) is 16.8 Å². The summed E-state index contributed by atoms with van der Waals surface area (Å²) in [6, 6.07) is 3.95. The van der Waals surface area contributed by atoms with Gasteiger partial charge in [0.1, 0.15) is 17.9 Å². The lowest BCUT2D eigenvalue weighted by Gasteiger charge is -2.39. The fraction of sp³-hybridized carbons (Fsp3) is 0.414. The molecule has 1 aliphatic carbocycles. The summed E-state index contributed by atoms with van der Waals surface area (Å²) < 4.78 is 16.2. The maximum Gasteiger partial charge on any atom is 0.291 e. The van der Waals surface area contributed by atoms with E-state index in [1.54, 1.807) is 29.9 Å². The molecule has 1 unspecified atom stereocenters. The molecule has 3 aliphatic heterocycles. The number of hydrogen-bond acceptors (Lipinski definition) is 8. The zero-order valence-electron chi connectivity index (χ0n) is 22.6. The second-order valence-electron chi connectivity index (χ2n) is 11.7. The molecule has 0 radical (unpaired) electrons. The molecule has 12 heteroatoms. The van der Waals surface area contributed by atoms with Crippen molar-refractivity contribution in [2.75, 3.05) is 12.3 Å². The third-order valence-corrected chi connectivity index (χ3v) is 9.08. The van der Waals surface area contributed by atoms with E-state index in [2.05, 4.69) is 30.3 Å². The Kier molecular flexibility index (Phi) is 5.35. The Bertz CT molecular complexity index is 1740. The number of carbonyl (C=O) groups excluding carboxylic acids is 1. The predicted octanol–water partition coefficient (Wildman–Crippen LogP) is 3.97. The second kappa shape index (κ2) is 9.02. The van der Waals surface area contributed by atoms with E-state index in [-0.39, 0.29) is 29.7 Å². The number of rotatable bonds is 5. The van der Waals surface area contributed by atoms with E-state index in [0.717, 1.165) is 60.9 Å². The number of nitrogens with one attached hydrogen (secondary N) is 1. The maximum atomic E-state index is 14.5. The number of hydrogen-bond donors (Lipinski definition) is 2. The highest BCUT2D eigenvalue weighted by molar-refractivity contribution is 6.11. The van der Waals surface area contributed by atoms with Gasteiger partial charge in [0.15, 0.2) is 11.5 Å². The van der Waals surface area contributed by atoms with E-state index in [9.17, 15) is 9.18 Å². The molecule has 11 nitrogen and oxygen atoms in total. The van der Waals surface area contributed by atoms with E-state index in [1.165, 1.54) is 6.33 Å². The first-order valence-corrected chi connectivity index (χ1v) is 14.2. The fourth-order valence-electron chi connectivity index (χ4n) is 6.94. The highest BCUT2D eigenvalue weighted by Crippen LogP contribution is 2.50. The number of carbonyl (C=O) groups is 1. The van der Waals surface area contributed by atoms with E-state index < -0.39 is 0 Å². The average molecular weight is 553 g/mol. The molecule has 41 heavy (non-hydrogen) atoms. The first-order chi connectivity index (χ1) is 20.0. The number of H-pyrrole nitrogens is 1. The van der Waals surface area contributed by atoms with Gasteiger partial charge in [-0.15, -0.1) is 0 Å². The average Bonchev–Trinajstić information content (AvgIpc) is 3.27. The van der Waals surface area contributed by atoms with Crippen LogP contribution in [0.4, 0.5) is 10.2 Å². The molecule has 0 aromatic carbocycles. The zero-order chi connectivity index (χ0) is 27.8. The summed E-state index contributed by atoms with van der Waals surface area (Å²) in [7, 11) is 0. The number of nitrogen functional groups attached to an aromatic ring is 1. The number of piperidine rings is 1. The van der Waals surface area contributed by atoms with Crippen molar-refractivity contribution >= 4 is 23.1 Å². The van der Waals surface area contributed by atoms with Crippen molar-refractivity contribution in [3.05, 3.63) is 65.0 Å². The van der Waals surface area contributed by atoms with Crippen molar-refractivity contribution in [2.24, 2.45) is 4.99 Å². The molecule has 0 spiro atoms. The molecular weight excluding hydrogens is 523 g/mol. The van der Waals surface area contributed by atoms with Gasteiger partial charge in [-0.2, -0.15) is 14.7 Å². The van der Waals surface area contributed by atoms with E-state index in [1.807, 2.05) is 11.0 Å². The number of aromatic nitrogens is 7. The van der Waals surface area contributed by atoms with Gasteiger partial charge in [-0.1, -0.05) is 6.07 Å². The lowest BCUT2D eigenvalue weighted by Crippen LogP contribution is -2.46. The van der Waals surface area contributed by atoms with Crippen molar-refractivity contribution in [3.63, 3.8) is 0 Å². The van der Waals surface area contributed by atoms with Crippen molar-refractivity contribution in [1.29, 1.82) is 0 Å². The van der Waals surface area contributed by atoms with Crippen LogP contribution >= 0.6 is 0 Å². The van der Waals surface area contributed by atoms with Crippen LogP contribution in [0.1, 0.15) is 84.9 Å². The number of aromatic amines is 1. The number of halogens is 1. The van der Waals surface area contributed by atoms with Gasteiger partial charge in [0, 0.05) is 40.9 Å². The molecule has 8 rings (SSSR count). The molecule has 4 aromatic heterocycles. The van der Waals surface area contributed by atoms with Gasteiger partial charge in [0.2, 0.25) is 5.82 Å². The maximum absolute atomic E-state index is 14.5. The second-order valence-corrected chi connectivity index (χ2v) is 11.7. The molecule has 3 atom stereocenters. The van der Waals surface area contributed by atoms with Crippen LogP contribution in [0.2, 0.25) is 0 Å². The first-order valence-electron chi connectivity index (χ1n) is 14.2. The predicted molar refractivity (Wildman–Crippen MR) is 149 cm³/mol. The van der Waals surface area contributed by atoms with Crippen molar-refractivity contribution in [2.45, 2.75) is 69.4 Å². The number of allylic oxidation sites excluding steroid dienone is 1. The van der Waals surface area contributed by atoms with E-state index in [4.69, 9.17) is 10.7 Å². The summed E-state index contributed by atoms with van der Waals surface area (Å²) in [6.45, 7) is 2.11. The number of pyridine rings is 1. The highest BCUT2D eigenvalue weighted by atomic mass is 19.1. The topological polar surface area (TPSA) is 143 Å². The van der Waals surface area contributed by atoms with Gasteiger partial charge in [-0.3, -0.25) is 19.9 Å². The van der Waals surface area contributed by atoms with Crippen molar-refractivity contribution in [1.82, 2.24) is 39.7 Å². The van der Waals surface area contributed by atoms with Crippen LogP contribution in [0.15, 0.2) is 47.2 Å². The van der Waals surface area contributed by atoms with Crippen LogP contribution < -0.4 is 5.73 Å². The van der Waals surface area contributed by atoms with Gasteiger partial charge >= 0.3 is 0 Å². The molecule has 3 fully saturated rings. The van der Waals surface area contributed by atoms with Crippen LogP contribution in [0.3, 0.4) is 0 Å². The molecule has 1 saturated carbocycles. The van der Waals surface area contributed by atoms with Crippen LogP contribution in [0.5, 0.6) is 0 Å². The lowest BCUT2D eigenvalue weighted by molar-refractivity contribution is 0.0557. The van der Waals surface area contributed by atoms with Crippen LogP contribution in [0, 0.1) is 0 Å². The standard InChI is InChI=1S/C29H29FN10O/c1-14-10-33-25(23(14)30)21-7-4-16(11-32-21)20-12-36-40-26(31)22(15-2-3-15)24(37-28(20)40)17-8-18-5-6-19(9-17)39(18)29(41)27-34-13-35-38-27/h4,7,11-13,15,17-19H,2-3,5-6,8-10,31H2,1H3,(H,34,35,38)/t17?,18-,19+.